The summed E-state index contributed by atoms with van der Waals surface area (Å²) in [6.45, 7) is 5.95. The van der Waals surface area contributed by atoms with Gasteiger partial charge in [0.05, 0.1) is 19.3 Å². The molecule has 0 unspecified atom stereocenters. The molecule has 2 rings (SSSR count). The van der Waals surface area contributed by atoms with Crippen molar-refractivity contribution in [1.29, 1.82) is 0 Å². The van der Waals surface area contributed by atoms with Crippen molar-refractivity contribution in [3.8, 4) is 11.5 Å². The van der Waals surface area contributed by atoms with Gasteiger partial charge in [0.2, 0.25) is 5.91 Å². The number of benzene rings is 1. The lowest BCUT2D eigenvalue weighted by Gasteiger charge is -2.19. The summed E-state index contributed by atoms with van der Waals surface area (Å²) in [5.74, 6) is 1.89. The van der Waals surface area contributed by atoms with Gasteiger partial charge in [-0.2, -0.15) is 0 Å². The zero-order valence-corrected chi connectivity index (χ0v) is 14.5. The number of carbonyl (C=O) groups is 1. The van der Waals surface area contributed by atoms with Gasteiger partial charge in [0.25, 0.3) is 0 Å². The molecule has 0 heterocycles. The number of hydrogen-bond acceptors (Lipinski definition) is 3. The van der Waals surface area contributed by atoms with Crippen molar-refractivity contribution in [2.75, 3.05) is 7.11 Å². The van der Waals surface area contributed by atoms with E-state index < -0.39 is 0 Å². The van der Waals surface area contributed by atoms with E-state index in [1.807, 2.05) is 39.0 Å². The van der Waals surface area contributed by atoms with Gasteiger partial charge in [-0.3, -0.25) is 4.79 Å². The van der Waals surface area contributed by atoms with Crippen LogP contribution >= 0.6 is 0 Å². The standard InChI is InChI=1S/C19H27NO3/c1-13(2)23-17-10-9-16(12-18(17)22-4)14(3)20-19(21)11-15-7-5-6-8-15/h5,7,9-10,12-15H,6,8,11H2,1-4H3,(H,20,21)/t14-,15-/m0/s1. The molecule has 0 fully saturated rings. The summed E-state index contributed by atoms with van der Waals surface area (Å²) >= 11 is 0. The normalized spacial score (nSPS) is 18.0. The Labute approximate surface area is 138 Å². The van der Waals surface area contributed by atoms with Crippen LogP contribution in [0.5, 0.6) is 11.5 Å². The Balaban J connectivity index is 1.99. The molecule has 4 heteroatoms. The third-order valence-corrected chi connectivity index (χ3v) is 3.99. The van der Waals surface area contributed by atoms with Crippen molar-refractivity contribution in [1.82, 2.24) is 5.32 Å². The van der Waals surface area contributed by atoms with Crippen LogP contribution in [0.25, 0.3) is 0 Å². The molecule has 1 amide bonds. The first-order chi connectivity index (χ1) is 11.0. The minimum atomic E-state index is -0.0603. The van der Waals surface area contributed by atoms with Gasteiger partial charge in [-0.1, -0.05) is 18.2 Å². The zero-order valence-electron chi connectivity index (χ0n) is 14.5. The molecular formula is C19H27NO3. The van der Waals surface area contributed by atoms with E-state index in [4.69, 9.17) is 9.47 Å². The number of ether oxygens (including phenoxy) is 2. The maximum atomic E-state index is 12.1. The van der Waals surface area contributed by atoms with Crippen molar-refractivity contribution < 1.29 is 14.3 Å². The number of hydrogen-bond donors (Lipinski definition) is 1. The van der Waals surface area contributed by atoms with Crippen LogP contribution in [0, 0.1) is 5.92 Å². The minimum Gasteiger partial charge on any atom is -0.493 e. The van der Waals surface area contributed by atoms with Gasteiger partial charge in [-0.25, -0.2) is 0 Å². The topological polar surface area (TPSA) is 47.6 Å². The Kier molecular flexibility index (Phi) is 6.08. The quantitative estimate of drug-likeness (QED) is 0.773. The Morgan fingerprint density at radius 2 is 2.09 bits per heavy atom. The second kappa shape index (κ2) is 8.04. The molecule has 0 radical (unpaired) electrons. The molecule has 1 N–H and O–H groups in total. The molecular weight excluding hydrogens is 290 g/mol. The molecule has 4 nitrogen and oxygen atoms in total. The van der Waals surface area contributed by atoms with Crippen LogP contribution in [0.2, 0.25) is 0 Å². The fourth-order valence-corrected chi connectivity index (χ4v) is 2.79. The second-order valence-electron chi connectivity index (χ2n) is 6.34. The molecule has 0 aromatic heterocycles. The van der Waals surface area contributed by atoms with Gasteiger partial charge in [-0.15, -0.1) is 0 Å². The molecule has 0 saturated heterocycles. The van der Waals surface area contributed by atoms with Crippen LogP contribution in [-0.2, 0) is 4.79 Å². The summed E-state index contributed by atoms with van der Waals surface area (Å²) in [6, 6.07) is 5.74. The summed E-state index contributed by atoms with van der Waals surface area (Å²) in [7, 11) is 1.63. The van der Waals surface area contributed by atoms with Crippen molar-refractivity contribution in [2.24, 2.45) is 5.92 Å². The van der Waals surface area contributed by atoms with E-state index >= 15 is 0 Å². The van der Waals surface area contributed by atoms with E-state index in [0.29, 0.717) is 18.1 Å². The highest BCUT2D eigenvalue weighted by molar-refractivity contribution is 5.77. The molecule has 1 aromatic carbocycles. The molecule has 0 spiro atoms. The molecule has 0 saturated carbocycles. The van der Waals surface area contributed by atoms with E-state index in [9.17, 15) is 4.79 Å². The van der Waals surface area contributed by atoms with Crippen LogP contribution < -0.4 is 14.8 Å². The molecule has 0 bridgehead atoms. The van der Waals surface area contributed by atoms with Crippen molar-refractivity contribution >= 4 is 5.91 Å². The number of allylic oxidation sites excluding steroid dienone is 2. The Morgan fingerprint density at radius 1 is 1.30 bits per heavy atom. The highest BCUT2D eigenvalue weighted by atomic mass is 16.5. The lowest BCUT2D eigenvalue weighted by Crippen LogP contribution is -2.27. The van der Waals surface area contributed by atoms with Gasteiger partial charge in [0.15, 0.2) is 11.5 Å². The molecule has 1 aliphatic rings. The predicted octanol–water partition coefficient (Wildman–Crippen LogP) is 4.02. The maximum Gasteiger partial charge on any atom is 0.221 e. The summed E-state index contributed by atoms with van der Waals surface area (Å²) in [6.07, 6.45) is 7.11. The number of nitrogens with one attached hydrogen (secondary N) is 1. The third-order valence-electron chi connectivity index (χ3n) is 3.99. The number of methoxy groups -OCH3 is 1. The summed E-state index contributed by atoms with van der Waals surface area (Å²) < 4.78 is 11.1. The average molecular weight is 317 g/mol. The van der Waals surface area contributed by atoms with Crippen LogP contribution in [0.3, 0.4) is 0 Å². The molecule has 126 valence electrons. The summed E-state index contributed by atoms with van der Waals surface area (Å²) in [5, 5.41) is 3.07. The minimum absolute atomic E-state index is 0.0603. The molecule has 1 aromatic rings. The summed E-state index contributed by atoms with van der Waals surface area (Å²) in [5.41, 5.74) is 1.01. The number of carbonyl (C=O) groups excluding carboxylic acids is 1. The van der Waals surface area contributed by atoms with Crippen molar-refractivity contribution in [3.05, 3.63) is 35.9 Å². The molecule has 0 aliphatic heterocycles. The smallest absolute Gasteiger partial charge is 0.221 e. The van der Waals surface area contributed by atoms with Crippen LogP contribution in [0.1, 0.15) is 51.6 Å². The van der Waals surface area contributed by atoms with Gasteiger partial charge < -0.3 is 14.8 Å². The third kappa shape index (κ3) is 5.02. The van der Waals surface area contributed by atoms with E-state index in [2.05, 4.69) is 17.5 Å². The number of rotatable bonds is 7. The first-order valence-corrected chi connectivity index (χ1v) is 8.30. The molecule has 23 heavy (non-hydrogen) atoms. The first-order valence-electron chi connectivity index (χ1n) is 8.30. The van der Waals surface area contributed by atoms with Gasteiger partial charge in [-0.05, 0) is 57.2 Å². The van der Waals surface area contributed by atoms with Crippen LogP contribution in [-0.4, -0.2) is 19.1 Å². The SMILES string of the molecule is COc1cc([C@H](C)NC(=O)C[C@H]2C=CCC2)ccc1OC(C)C. The van der Waals surface area contributed by atoms with E-state index in [-0.39, 0.29) is 18.1 Å². The Hall–Kier alpha value is -1.97. The van der Waals surface area contributed by atoms with E-state index in [1.165, 1.54) is 0 Å². The van der Waals surface area contributed by atoms with Crippen LogP contribution in [0.15, 0.2) is 30.4 Å². The van der Waals surface area contributed by atoms with E-state index in [0.717, 1.165) is 24.2 Å². The van der Waals surface area contributed by atoms with Gasteiger partial charge >= 0.3 is 0 Å². The van der Waals surface area contributed by atoms with Crippen LogP contribution in [0.4, 0.5) is 0 Å². The van der Waals surface area contributed by atoms with Crippen molar-refractivity contribution in [2.45, 2.75) is 52.2 Å². The highest BCUT2D eigenvalue weighted by Crippen LogP contribution is 2.31. The second-order valence-corrected chi connectivity index (χ2v) is 6.34. The number of amides is 1. The lowest BCUT2D eigenvalue weighted by atomic mass is 10.0. The largest absolute Gasteiger partial charge is 0.493 e. The highest BCUT2D eigenvalue weighted by Gasteiger charge is 2.17. The maximum absolute atomic E-state index is 12.1. The monoisotopic (exact) mass is 317 g/mol. The predicted molar refractivity (Wildman–Crippen MR) is 91.8 cm³/mol. The zero-order chi connectivity index (χ0) is 16.8. The van der Waals surface area contributed by atoms with Crippen molar-refractivity contribution in [3.63, 3.8) is 0 Å². The molecule has 2 atom stereocenters. The summed E-state index contributed by atoms with van der Waals surface area (Å²) in [4.78, 5) is 12.1. The Morgan fingerprint density at radius 3 is 2.70 bits per heavy atom. The average Bonchev–Trinajstić information content (AvgIpc) is 2.99. The lowest BCUT2D eigenvalue weighted by molar-refractivity contribution is -0.122. The fourth-order valence-electron chi connectivity index (χ4n) is 2.79. The van der Waals surface area contributed by atoms with Gasteiger partial charge in [0.1, 0.15) is 0 Å². The first kappa shape index (κ1) is 17.4. The molecule has 1 aliphatic carbocycles. The van der Waals surface area contributed by atoms with E-state index in [1.54, 1.807) is 7.11 Å². The Bertz CT molecular complexity index is 566. The van der Waals surface area contributed by atoms with Gasteiger partial charge in [0, 0.05) is 6.42 Å². The fraction of sp³-hybridized carbons (Fsp3) is 0.526.